The minimum atomic E-state index is -0.227. The predicted molar refractivity (Wildman–Crippen MR) is 88.7 cm³/mol. The minimum absolute atomic E-state index is 0.135. The van der Waals surface area contributed by atoms with Gasteiger partial charge in [-0.3, -0.25) is 9.59 Å². The zero-order valence-electron chi connectivity index (χ0n) is 12.7. The Hall–Kier alpha value is -3.15. The fourth-order valence-electron chi connectivity index (χ4n) is 2.30. The highest BCUT2D eigenvalue weighted by Gasteiger charge is 2.07. The molecule has 0 spiro atoms. The van der Waals surface area contributed by atoms with E-state index in [0.29, 0.717) is 28.2 Å². The van der Waals surface area contributed by atoms with Gasteiger partial charge in [0.2, 0.25) is 5.91 Å². The van der Waals surface area contributed by atoms with E-state index in [-0.39, 0.29) is 11.5 Å². The third kappa shape index (κ3) is 3.06. The number of carbonyl (C=O) groups is 1. The fraction of sp³-hybridized carbons (Fsp3) is 0.118. The molecule has 0 atom stereocenters. The van der Waals surface area contributed by atoms with Crippen LogP contribution in [-0.4, -0.2) is 23.0 Å². The van der Waals surface area contributed by atoms with Crippen LogP contribution in [0.1, 0.15) is 6.92 Å². The molecule has 0 fully saturated rings. The average molecular weight is 309 g/mol. The number of aromatic amines is 1. The van der Waals surface area contributed by atoms with Crippen LogP contribution in [0, 0.1) is 0 Å². The summed E-state index contributed by atoms with van der Waals surface area (Å²) in [5, 5.41) is 3.17. The number of anilines is 1. The Morgan fingerprint density at radius 1 is 1.17 bits per heavy atom. The second-order valence-corrected chi connectivity index (χ2v) is 5.06. The second kappa shape index (κ2) is 5.92. The summed E-state index contributed by atoms with van der Waals surface area (Å²) in [4.78, 5) is 30.5. The molecule has 0 saturated heterocycles. The SMILES string of the molecule is COc1ccc2nc(-c3ccc(NC(C)=O)cc3)[nH]c(=O)c2c1. The quantitative estimate of drug-likeness (QED) is 0.779. The highest BCUT2D eigenvalue weighted by molar-refractivity contribution is 5.89. The van der Waals surface area contributed by atoms with Gasteiger partial charge < -0.3 is 15.0 Å². The van der Waals surface area contributed by atoms with Gasteiger partial charge in [0.1, 0.15) is 11.6 Å². The molecular formula is C17H15N3O3. The lowest BCUT2D eigenvalue weighted by molar-refractivity contribution is -0.114. The number of hydrogen-bond acceptors (Lipinski definition) is 4. The maximum absolute atomic E-state index is 12.2. The Morgan fingerprint density at radius 2 is 1.91 bits per heavy atom. The average Bonchev–Trinajstić information content (AvgIpc) is 2.54. The van der Waals surface area contributed by atoms with E-state index in [1.54, 1.807) is 49.6 Å². The van der Waals surface area contributed by atoms with Gasteiger partial charge in [-0.1, -0.05) is 0 Å². The van der Waals surface area contributed by atoms with Crippen LogP contribution >= 0.6 is 0 Å². The molecule has 2 aromatic carbocycles. The molecule has 2 N–H and O–H groups in total. The molecule has 1 heterocycles. The van der Waals surface area contributed by atoms with E-state index >= 15 is 0 Å². The zero-order valence-corrected chi connectivity index (χ0v) is 12.7. The summed E-state index contributed by atoms with van der Waals surface area (Å²) in [6.45, 7) is 1.45. The molecule has 0 aliphatic rings. The van der Waals surface area contributed by atoms with E-state index in [9.17, 15) is 9.59 Å². The molecule has 1 aromatic heterocycles. The van der Waals surface area contributed by atoms with Crippen molar-refractivity contribution in [1.82, 2.24) is 9.97 Å². The van der Waals surface area contributed by atoms with Crippen LogP contribution in [0.5, 0.6) is 5.75 Å². The maximum atomic E-state index is 12.2. The van der Waals surface area contributed by atoms with Gasteiger partial charge in [0.25, 0.3) is 5.56 Å². The van der Waals surface area contributed by atoms with Gasteiger partial charge in [0.15, 0.2) is 0 Å². The Labute approximate surface area is 132 Å². The van der Waals surface area contributed by atoms with Crippen LogP contribution in [0.15, 0.2) is 47.3 Å². The minimum Gasteiger partial charge on any atom is -0.497 e. The number of amides is 1. The topological polar surface area (TPSA) is 84.1 Å². The zero-order chi connectivity index (χ0) is 16.4. The molecule has 23 heavy (non-hydrogen) atoms. The van der Waals surface area contributed by atoms with Crippen LogP contribution in [-0.2, 0) is 4.79 Å². The van der Waals surface area contributed by atoms with Crippen molar-refractivity contribution in [2.75, 3.05) is 12.4 Å². The van der Waals surface area contributed by atoms with E-state index in [0.717, 1.165) is 5.56 Å². The number of nitrogens with zero attached hydrogens (tertiary/aromatic N) is 1. The summed E-state index contributed by atoms with van der Waals surface area (Å²) in [6.07, 6.45) is 0. The van der Waals surface area contributed by atoms with Crippen LogP contribution < -0.4 is 15.6 Å². The molecule has 1 amide bonds. The molecule has 0 saturated carbocycles. The lowest BCUT2D eigenvalue weighted by atomic mass is 10.1. The molecule has 6 nitrogen and oxygen atoms in total. The molecular weight excluding hydrogens is 294 g/mol. The highest BCUT2D eigenvalue weighted by atomic mass is 16.5. The number of benzene rings is 2. The normalized spacial score (nSPS) is 10.5. The predicted octanol–water partition coefficient (Wildman–Crippen LogP) is 2.56. The first kappa shape index (κ1) is 14.8. The molecule has 3 rings (SSSR count). The number of hydrogen-bond donors (Lipinski definition) is 2. The summed E-state index contributed by atoms with van der Waals surface area (Å²) < 4.78 is 5.12. The summed E-state index contributed by atoms with van der Waals surface area (Å²) >= 11 is 0. The largest absolute Gasteiger partial charge is 0.497 e. The molecule has 116 valence electrons. The first-order valence-corrected chi connectivity index (χ1v) is 7.03. The monoisotopic (exact) mass is 309 g/mol. The Morgan fingerprint density at radius 3 is 2.57 bits per heavy atom. The van der Waals surface area contributed by atoms with Gasteiger partial charge in [0.05, 0.1) is 18.0 Å². The van der Waals surface area contributed by atoms with E-state index < -0.39 is 0 Å². The van der Waals surface area contributed by atoms with Crippen molar-refractivity contribution in [2.24, 2.45) is 0 Å². The van der Waals surface area contributed by atoms with Crippen molar-refractivity contribution in [3.05, 3.63) is 52.8 Å². The Balaban J connectivity index is 2.03. The molecule has 0 aliphatic carbocycles. The standard InChI is InChI=1S/C17H15N3O3/c1-10(21)18-12-5-3-11(4-6-12)16-19-15-8-7-13(23-2)9-14(15)17(22)20-16/h3-9H,1-2H3,(H,18,21)(H,19,20,22). The second-order valence-electron chi connectivity index (χ2n) is 5.06. The molecule has 0 unspecified atom stereocenters. The lowest BCUT2D eigenvalue weighted by Gasteiger charge is -2.06. The van der Waals surface area contributed by atoms with Gasteiger partial charge in [-0.15, -0.1) is 0 Å². The number of fused-ring (bicyclic) bond motifs is 1. The summed E-state index contributed by atoms with van der Waals surface area (Å²) in [5.74, 6) is 0.947. The van der Waals surface area contributed by atoms with Crippen molar-refractivity contribution < 1.29 is 9.53 Å². The van der Waals surface area contributed by atoms with Gasteiger partial charge in [-0.2, -0.15) is 0 Å². The van der Waals surface area contributed by atoms with Crippen LogP contribution in [0.2, 0.25) is 0 Å². The van der Waals surface area contributed by atoms with Crippen molar-refractivity contribution in [3.8, 4) is 17.1 Å². The number of methoxy groups -OCH3 is 1. The summed E-state index contributed by atoms with van der Waals surface area (Å²) in [5.41, 5.74) is 1.81. The van der Waals surface area contributed by atoms with Gasteiger partial charge in [-0.05, 0) is 42.5 Å². The van der Waals surface area contributed by atoms with E-state index in [2.05, 4.69) is 15.3 Å². The third-order valence-electron chi connectivity index (χ3n) is 3.39. The summed E-state index contributed by atoms with van der Waals surface area (Å²) in [6, 6.07) is 12.3. The number of carbonyl (C=O) groups excluding carboxylic acids is 1. The number of aromatic nitrogens is 2. The van der Waals surface area contributed by atoms with Gasteiger partial charge >= 0.3 is 0 Å². The van der Waals surface area contributed by atoms with Crippen molar-refractivity contribution in [1.29, 1.82) is 0 Å². The third-order valence-corrected chi connectivity index (χ3v) is 3.39. The first-order chi connectivity index (χ1) is 11.1. The van der Waals surface area contributed by atoms with E-state index in [4.69, 9.17) is 4.74 Å². The maximum Gasteiger partial charge on any atom is 0.259 e. The Bertz CT molecular complexity index is 930. The first-order valence-electron chi connectivity index (χ1n) is 7.03. The van der Waals surface area contributed by atoms with Crippen LogP contribution in [0.4, 0.5) is 5.69 Å². The molecule has 0 bridgehead atoms. The lowest BCUT2D eigenvalue weighted by Crippen LogP contribution is -2.10. The van der Waals surface area contributed by atoms with Crippen molar-refractivity contribution in [3.63, 3.8) is 0 Å². The fourth-order valence-corrected chi connectivity index (χ4v) is 2.30. The van der Waals surface area contributed by atoms with Crippen molar-refractivity contribution >= 4 is 22.5 Å². The van der Waals surface area contributed by atoms with Crippen LogP contribution in [0.3, 0.4) is 0 Å². The van der Waals surface area contributed by atoms with E-state index in [1.807, 2.05) is 0 Å². The smallest absolute Gasteiger partial charge is 0.259 e. The van der Waals surface area contributed by atoms with E-state index in [1.165, 1.54) is 6.92 Å². The Kier molecular flexibility index (Phi) is 3.80. The molecule has 3 aromatic rings. The molecule has 0 aliphatic heterocycles. The molecule has 6 heteroatoms. The number of nitrogens with one attached hydrogen (secondary N) is 2. The van der Waals surface area contributed by atoms with Gasteiger partial charge in [0, 0.05) is 18.2 Å². The summed E-state index contributed by atoms with van der Waals surface area (Å²) in [7, 11) is 1.55. The van der Waals surface area contributed by atoms with Crippen LogP contribution in [0.25, 0.3) is 22.3 Å². The number of rotatable bonds is 3. The molecule has 0 radical (unpaired) electrons. The number of ether oxygens (including phenoxy) is 1. The van der Waals surface area contributed by atoms with Gasteiger partial charge in [-0.25, -0.2) is 4.98 Å². The van der Waals surface area contributed by atoms with Crippen molar-refractivity contribution in [2.45, 2.75) is 6.92 Å². The number of H-pyrrole nitrogens is 1. The highest BCUT2D eigenvalue weighted by Crippen LogP contribution is 2.21.